The van der Waals surface area contributed by atoms with Crippen molar-refractivity contribution in [2.24, 2.45) is 0 Å². The third-order valence-corrected chi connectivity index (χ3v) is 2.01. The number of hydrogen-bond acceptors (Lipinski definition) is 2. The van der Waals surface area contributed by atoms with E-state index >= 15 is 0 Å². The molecule has 3 nitrogen and oxygen atoms in total. The first-order valence-electron chi connectivity index (χ1n) is 3.70. The average molecular weight is 196 g/mol. The van der Waals surface area contributed by atoms with Crippen LogP contribution in [0.2, 0.25) is 5.02 Å². The third-order valence-electron chi connectivity index (χ3n) is 1.69. The summed E-state index contributed by atoms with van der Waals surface area (Å²) < 4.78 is 5.97. The molecule has 1 aromatic carbocycles. The molecule has 0 atom stereocenters. The summed E-state index contributed by atoms with van der Waals surface area (Å²) in [5, 5.41) is 0.519. The molecule has 0 fully saturated rings. The van der Waals surface area contributed by atoms with Gasteiger partial charge in [-0.25, -0.2) is 9.36 Å². The van der Waals surface area contributed by atoms with Crippen LogP contribution in [0.4, 0.5) is 0 Å². The minimum atomic E-state index is -0.437. The molecule has 0 spiro atoms. The molecule has 0 saturated carbocycles. The topological polar surface area (TPSA) is 35.1 Å². The molecule has 0 N–H and O–H groups in total. The number of benzene rings is 1. The molecule has 0 aliphatic rings. The largest absolute Gasteiger partial charge is 0.423 e. The van der Waals surface area contributed by atoms with Gasteiger partial charge in [-0.1, -0.05) is 23.7 Å². The monoisotopic (exact) mass is 195 g/mol. The van der Waals surface area contributed by atoms with Gasteiger partial charge in [0.05, 0.1) is 16.9 Å². The van der Waals surface area contributed by atoms with Crippen molar-refractivity contribution in [3.05, 3.63) is 52.3 Å². The normalized spacial score (nSPS) is 10.2. The zero-order valence-corrected chi connectivity index (χ0v) is 7.36. The summed E-state index contributed by atoms with van der Waals surface area (Å²) in [6.45, 7) is 0. The van der Waals surface area contributed by atoms with Gasteiger partial charge in [-0.05, 0) is 12.1 Å². The predicted molar refractivity (Wildman–Crippen MR) is 49.3 cm³/mol. The van der Waals surface area contributed by atoms with Gasteiger partial charge in [-0.2, -0.15) is 0 Å². The maximum atomic E-state index is 11.1. The highest BCUT2D eigenvalue weighted by molar-refractivity contribution is 6.32. The van der Waals surface area contributed by atoms with E-state index in [4.69, 9.17) is 11.6 Å². The van der Waals surface area contributed by atoms with Gasteiger partial charge in [-0.3, -0.25) is 0 Å². The van der Waals surface area contributed by atoms with Crippen molar-refractivity contribution in [3.8, 4) is 5.69 Å². The van der Waals surface area contributed by atoms with Gasteiger partial charge in [0, 0.05) is 0 Å². The molecule has 0 bridgehead atoms. The van der Waals surface area contributed by atoms with E-state index in [9.17, 15) is 4.79 Å². The Kier molecular flexibility index (Phi) is 1.94. The highest BCUT2D eigenvalue weighted by Gasteiger charge is 2.04. The third kappa shape index (κ3) is 1.38. The summed E-state index contributed by atoms with van der Waals surface area (Å²) in [4.78, 5) is 11.1. The lowest BCUT2D eigenvalue weighted by Gasteiger charge is -2.00. The lowest BCUT2D eigenvalue weighted by molar-refractivity contribution is 0.504. The summed E-state index contributed by atoms with van der Waals surface area (Å²) in [7, 11) is 0. The molecule has 4 heteroatoms. The molecule has 2 rings (SSSR count). The SMILES string of the molecule is O=c1occn1-c1ccccc1Cl. The minimum Gasteiger partial charge on any atom is -0.416 e. The first kappa shape index (κ1) is 8.13. The number of para-hydroxylation sites is 1. The zero-order valence-electron chi connectivity index (χ0n) is 6.61. The van der Waals surface area contributed by atoms with Crippen molar-refractivity contribution in [2.45, 2.75) is 0 Å². The van der Waals surface area contributed by atoms with E-state index in [1.807, 2.05) is 0 Å². The number of oxazole rings is 1. The van der Waals surface area contributed by atoms with Crippen LogP contribution in [0.15, 0.2) is 45.9 Å². The first-order valence-corrected chi connectivity index (χ1v) is 4.08. The number of halogens is 1. The average Bonchev–Trinajstić information content (AvgIpc) is 2.52. The quantitative estimate of drug-likeness (QED) is 0.699. The van der Waals surface area contributed by atoms with Gasteiger partial charge >= 0.3 is 5.76 Å². The van der Waals surface area contributed by atoms with Crippen LogP contribution in [0.5, 0.6) is 0 Å². The number of nitrogens with zero attached hydrogens (tertiary/aromatic N) is 1. The van der Waals surface area contributed by atoms with Crippen LogP contribution < -0.4 is 5.76 Å². The van der Waals surface area contributed by atoms with Crippen molar-refractivity contribution in [3.63, 3.8) is 0 Å². The van der Waals surface area contributed by atoms with Gasteiger partial charge < -0.3 is 4.42 Å². The van der Waals surface area contributed by atoms with Gasteiger partial charge in [0.1, 0.15) is 6.26 Å². The fraction of sp³-hybridized carbons (Fsp3) is 0. The second-order valence-electron chi connectivity index (χ2n) is 2.49. The zero-order chi connectivity index (χ0) is 9.26. The van der Waals surface area contributed by atoms with Crippen LogP contribution in [0.3, 0.4) is 0 Å². The molecule has 0 radical (unpaired) electrons. The van der Waals surface area contributed by atoms with E-state index in [0.717, 1.165) is 0 Å². The second-order valence-corrected chi connectivity index (χ2v) is 2.90. The summed E-state index contributed by atoms with van der Waals surface area (Å²) >= 11 is 5.89. The van der Waals surface area contributed by atoms with E-state index in [-0.39, 0.29) is 0 Å². The number of rotatable bonds is 1. The van der Waals surface area contributed by atoms with E-state index < -0.39 is 5.76 Å². The van der Waals surface area contributed by atoms with Crippen LogP contribution in [0, 0.1) is 0 Å². The smallest absolute Gasteiger partial charge is 0.416 e. The summed E-state index contributed by atoms with van der Waals surface area (Å²) in [6.07, 6.45) is 2.86. The lowest BCUT2D eigenvalue weighted by Crippen LogP contribution is -2.10. The molecule has 0 aliphatic heterocycles. The molecular formula is C9H6ClNO2. The van der Waals surface area contributed by atoms with Crippen LogP contribution in [0.1, 0.15) is 0 Å². The predicted octanol–water partition coefficient (Wildman–Crippen LogP) is 2.08. The van der Waals surface area contributed by atoms with Crippen LogP contribution in [-0.4, -0.2) is 4.57 Å². The van der Waals surface area contributed by atoms with Gasteiger partial charge in [0.2, 0.25) is 0 Å². The standard InChI is InChI=1S/C9H6ClNO2/c10-7-3-1-2-4-8(7)11-5-6-13-9(11)12/h1-6H. The molecule has 0 saturated heterocycles. The van der Waals surface area contributed by atoms with Gasteiger partial charge in [-0.15, -0.1) is 0 Å². The van der Waals surface area contributed by atoms with Gasteiger partial charge in [0.15, 0.2) is 0 Å². The maximum absolute atomic E-state index is 11.1. The fourth-order valence-electron chi connectivity index (χ4n) is 1.09. The number of aromatic nitrogens is 1. The highest BCUT2D eigenvalue weighted by atomic mass is 35.5. The van der Waals surface area contributed by atoms with Gasteiger partial charge in [0.25, 0.3) is 0 Å². The lowest BCUT2D eigenvalue weighted by atomic mass is 10.3. The van der Waals surface area contributed by atoms with Crippen molar-refractivity contribution in [2.75, 3.05) is 0 Å². The maximum Gasteiger partial charge on any atom is 0.423 e. The van der Waals surface area contributed by atoms with Crippen molar-refractivity contribution in [1.29, 1.82) is 0 Å². The molecule has 0 aliphatic carbocycles. The minimum absolute atomic E-state index is 0.437. The molecule has 13 heavy (non-hydrogen) atoms. The van der Waals surface area contributed by atoms with E-state index in [1.54, 1.807) is 24.3 Å². The molecular weight excluding hydrogens is 190 g/mol. The molecule has 1 heterocycles. The Balaban J connectivity index is 2.66. The Morgan fingerprint density at radius 2 is 2.08 bits per heavy atom. The van der Waals surface area contributed by atoms with E-state index in [2.05, 4.69) is 4.42 Å². The van der Waals surface area contributed by atoms with Crippen molar-refractivity contribution >= 4 is 11.6 Å². The fourth-order valence-corrected chi connectivity index (χ4v) is 1.32. The molecule has 2 aromatic rings. The van der Waals surface area contributed by atoms with Crippen molar-refractivity contribution in [1.82, 2.24) is 4.57 Å². The molecule has 66 valence electrons. The van der Waals surface area contributed by atoms with Crippen LogP contribution in [0.25, 0.3) is 5.69 Å². The van der Waals surface area contributed by atoms with Crippen LogP contribution in [-0.2, 0) is 0 Å². The summed E-state index contributed by atoms with van der Waals surface area (Å²) in [6, 6.07) is 7.08. The van der Waals surface area contributed by atoms with E-state index in [1.165, 1.54) is 17.0 Å². The Morgan fingerprint density at radius 1 is 1.31 bits per heavy atom. The highest BCUT2D eigenvalue weighted by Crippen LogP contribution is 2.17. The Labute approximate surface area is 79.2 Å². The molecule has 0 unspecified atom stereocenters. The van der Waals surface area contributed by atoms with Crippen molar-refractivity contribution < 1.29 is 4.42 Å². The molecule has 1 aromatic heterocycles. The Hall–Kier alpha value is -1.48. The summed E-state index contributed by atoms with van der Waals surface area (Å²) in [5.74, 6) is -0.437. The first-order chi connectivity index (χ1) is 6.29. The molecule has 0 amide bonds. The Morgan fingerprint density at radius 3 is 2.69 bits per heavy atom. The van der Waals surface area contributed by atoms with E-state index in [0.29, 0.717) is 10.7 Å². The summed E-state index contributed by atoms with van der Waals surface area (Å²) in [5.41, 5.74) is 0.628. The van der Waals surface area contributed by atoms with Crippen LogP contribution >= 0.6 is 11.6 Å². The Bertz CT molecular complexity index is 472. The number of hydrogen-bond donors (Lipinski definition) is 0. The second kappa shape index (κ2) is 3.11.